The van der Waals surface area contributed by atoms with Crippen LogP contribution >= 0.6 is 0 Å². The highest BCUT2D eigenvalue weighted by atomic mass is 15.0. The molecule has 1 fully saturated rings. The predicted molar refractivity (Wildman–Crippen MR) is 269 cm³/mol. The fraction of sp³-hybridized carbons (Fsp3) is 0.0656. The van der Waals surface area contributed by atoms with Gasteiger partial charge in [-0.15, -0.1) is 0 Å². The Morgan fingerprint density at radius 3 is 1.86 bits per heavy atom. The topological polar surface area (TPSA) is 22.2 Å². The van der Waals surface area contributed by atoms with Crippen LogP contribution in [0.1, 0.15) is 23.6 Å². The second kappa shape index (κ2) is 13.2. The maximum Gasteiger partial charge on any atom is 0.0974 e. The first-order valence-electron chi connectivity index (χ1n) is 22.5. The number of allylic oxidation sites excluding steroid dienone is 1. The van der Waals surface area contributed by atoms with Crippen molar-refractivity contribution in [1.82, 2.24) is 9.13 Å². The molecule has 3 unspecified atom stereocenters. The third kappa shape index (κ3) is 4.95. The van der Waals surface area contributed by atoms with Crippen molar-refractivity contribution in [2.24, 2.45) is 16.8 Å². The zero-order valence-corrected chi connectivity index (χ0v) is 35.3. The van der Waals surface area contributed by atoms with Gasteiger partial charge in [-0.1, -0.05) is 171 Å². The Morgan fingerprint density at radius 1 is 0.406 bits per heavy atom. The van der Waals surface area contributed by atoms with Crippen molar-refractivity contribution in [3.8, 4) is 11.4 Å². The normalized spacial score (nSPS) is 18.3. The second-order valence-corrected chi connectivity index (χ2v) is 17.9. The monoisotopic (exact) mass is 815 g/mol. The van der Waals surface area contributed by atoms with Crippen molar-refractivity contribution >= 4 is 87.2 Å². The number of aliphatic imine (C=N–C) groups is 1. The smallest absolute Gasteiger partial charge is 0.0974 e. The van der Waals surface area contributed by atoms with Gasteiger partial charge in [0.25, 0.3) is 0 Å². The number of fused-ring (bicyclic) bond motifs is 11. The van der Waals surface area contributed by atoms with Gasteiger partial charge in [0.2, 0.25) is 0 Å². The molecule has 14 rings (SSSR count). The van der Waals surface area contributed by atoms with E-state index in [1.165, 1.54) is 92.6 Å². The van der Waals surface area contributed by atoms with E-state index >= 15 is 0 Å². The molecule has 3 nitrogen and oxygen atoms in total. The van der Waals surface area contributed by atoms with Crippen LogP contribution in [0, 0.1) is 11.8 Å². The highest BCUT2D eigenvalue weighted by Gasteiger charge is 2.66. The summed E-state index contributed by atoms with van der Waals surface area (Å²) in [7, 11) is 0. The first kappa shape index (κ1) is 35.6. The average molecular weight is 816 g/mol. The van der Waals surface area contributed by atoms with Crippen LogP contribution in [0.25, 0.3) is 92.9 Å². The Bertz CT molecular complexity index is 3980. The van der Waals surface area contributed by atoms with Gasteiger partial charge in [-0.25, -0.2) is 0 Å². The van der Waals surface area contributed by atoms with E-state index in [0.29, 0.717) is 11.8 Å². The SMILES string of the molecule is CC1C2C(c3ccccc3)=CC(c3ccccc3)=NC12c1cccc2cc(-n3c4ccccc4c4cc5c6c7ccccc7ccc6n(-c6ccc7ccccc7c6)c5cc43)ccc12. The Labute approximate surface area is 370 Å². The molecule has 0 amide bonds. The lowest BCUT2D eigenvalue weighted by atomic mass is 9.88. The molecule has 0 saturated heterocycles. The summed E-state index contributed by atoms with van der Waals surface area (Å²) in [4.78, 5) is 5.74. The van der Waals surface area contributed by atoms with Crippen LogP contribution in [0.4, 0.5) is 0 Å². The molecule has 1 aliphatic heterocycles. The minimum atomic E-state index is -0.356. The minimum Gasteiger partial charge on any atom is -0.309 e. The van der Waals surface area contributed by atoms with Gasteiger partial charge in [0.05, 0.1) is 33.3 Å². The quantitative estimate of drug-likeness (QED) is 0.165. The predicted octanol–water partition coefficient (Wildman–Crippen LogP) is 15.4. The van der Waals surface area contributed by atoms with Crippen LogP contribution in [-0.4, -0.2) is 14.8 Å². The summed E-state index contributed by atoms with van der Waals surface area (Å²) >= 11 is 0. The lowest BCUT2D eigenvalue weighted by molar-refractivity contribution is 0.662. The van der Waals surface area contributed by atoms with Crippen LogP contribution in [0.15, 0.2) is 223 Å². The number of hydrogen-bond donors (Lipinski definition) is 0. The summed E-state index contributed by atoms with van der Waals surface area (Å²) in [6.07, 6.45) is 2.35. The van der Waals surface area contributed by atoms with Crippen molar-refractivity contribution in [1.29, 1.82) is 0 Å². The Kier molecular flexibility index (Phi) is 7.36. The van der Waals surface area contributed by atoms with Gasteiger partial charge < -0.3 is 9.13 Å². The summed E-state index contributed by atoms with van der Waals surface area (Å²) in [5.41, 5.74) is 12.9. The summed E-state index contributed by atoms with van der Waals surface area (Å²) in [6.45, 7) is 2.39. The molecule has 64 heavy (non-hydrogen) atoms. The van der Waals surface area contributed by atoms with Crippen LogP contribution in [0.2, 0.25) is 0 Å². The van der Waals surface area contributed by atoms with Gasteiger partial charge in [-0.2, -0.15) is 0 Å². The Morgan fingerprint density at radius 2 is 1.03 bits per heavy atom. The average Bonchev–Trinajstić information content (AvgIpc) is 3.64. The molecular weight excluding hydrogens is 775 g/mol. The molecule has 1 aliphatic carbocycles. The van der Waals surface area contributed by atoms with Crippen LogP contribution in [0.3, 0.4) is 0 Å². The van der Waals surface area contributed by atoms with E-state index in [9.17, 15) is 0 Å². The molecule has 2 aliphatic rings. The Balaban J connectivity index is 0.994. The van der Waals surface area contributed by atoms with Crippen LogP contribution in [-0.2, 0) is 5.54 Å². The van der Waals surface area contributed by atoms with Gasteiger partial charge in [-0.3, -0.25) is 4.99 Å². The molecule has 1 saturated carbocycles. The fourth-order valence-electron chi connectivity index (χ4n) is 11.7. The van der Waals surface area contributed by atoms with Gasteiger partial charge in [0, 0.05) is 38.8 Å². The van der Waals surface area contributed by atoms with Gasteiger partial charge in [0.1, 0.15) is 0 Å². The summed E-state index contributed by atoms with van der Waals surface area (Å²) in [6, 6.07) is 78.4. The molecular formula is C61H41N3. The van der Waals surface area contributed by atoms with Gasteiger partial charge >= 0.3 is 0 Å². The summed E-state index contributed by atoms with van der Waals surface area (Å²) in [5, 5.41) is 12.5. The summed E-state index contributed by atoms with van der Waals surface area (Å²) < 4.78 is 4.97. The van der Waals surface area contributed by atoms with E-state index in [2.05, 4.69) is 234 Å². The van der Waals surface area contributed by atoms with E-state index in [1.807, 2.05) is 0 Å². The minimum absolute atomic E-state index is 0.291. The van der Waals surface area contributed by atoms with E-state index in [4.69, 9.17) is 4.99 Å². The largest absolute Gasteiger partial charge is 0.309 e. The molecule has 0 radical (unpaired) electrons. The summed E-state index contributed by atoms with van der Waals surface area (Å²) in [5.74, 6) is 0.635. The third-order valence-electron chi connectivity index (χ3n) is 14.7. The van der Waals surface area contributed by atoms with Crippen LogP contribution in [0.5, 0.6) is 0 Å². The molecule has 3 atom stereocenters. The number of para-hydroxylation sites is 1. The highest BCUT2D eigenvalue weighted by molar-refractivity contribution is 6.25. The second-order valence-electron chi connectivity index (χ2n) is 17.9. The lowest BCUT2D eigenvalue weighted by Crippen LogP contribution is -2.18. The maximum atomic E-state index is 5.74. The van der Waals surface area contributed by atoms with Crippen molar-refractivity contribution in [3.05, 3.63) is 235 Å². The molecule has 10 aromatic carbocycles. The first-order valence-corrected chi connectivity index (χ1v) is 22.5. The van der Waals surface area contributed by atoms with E-state index in [0.717, 1.165) is 22.6 Å². The van der Waals surface area contributed by atoms with E-state index in [1.54, 1.807) is 0 Å². The van der Waals surface area contributed by atoms with Crippen LogP contribution < -0.4 is 0 Å². The van der Waals surface area contributed by atoms with Gasteiger partial charge in [0.15, 0.2) is 0 Å². The number of nitrogens with zero attached hydrogens (tertiary/aromatic N) is 3. The van der Waals surface area contributed by atoms with E-state index in [-0.39, 0.29) is 5.54 Å². The van der Waals surface area contributed by atoms with Crippen molar-refractivity contribution in [3.63, 3.8) is 0 Å². The highest BCUT2D eigenvalue weighted by Crippen LogP contribution is 2.68. The van der Waals surface area contributed by atoms with Crippen molar-refractivity contribution in [2.45, 2.75) is 12.5 Å². The molecule has 0 spiro atoms. The zero-order chi connectivity index (χ0) is 42.1. The van der Waals surface area contributed by atoms with Crippen molar-refractivity contribution in [2.75, 3.05) is 0 Å². The number of dihydropyridines is 1. The number of rotatable bonds is 5. The van der Waals surface area contributed by atoms with Crippen molar-refractivity contribution < 1.29 is 0 Å². The fourth-order valence-corrected chi connectivity index (χ4v) is 11.7. The number of aromatic nitrogens is 2. The molecule has 3 heterocycles. The zero-order valence-electron chi connectivity index (χ0n) is 35.3. The molecule has 0 N–H and O–H groups in total. The Hall–Kier alpha value is -8.01. The maximum absolute atomic E-state index is 5.74. The molecule has 3 heteroatoms. The van der Waals surface area contributed by atoms with E-state index < -0.39 is 0 Å². The molecule has 300 valence electrons. The number of benzene rings is 10. The standard InChI is InChI=1S/C61H41N3/c1-38-60-50(40-16-4-2-5-17-40)36-54(42-19-6-3-7-20-42)62-61(38,60)53-25-14-22-44-34-46(30-31-47(44)53)63-55-26-13-12-24-49(55)51-35-52-58(37-57(51)63)64(45-29-27-39-15-8-9-21-43(39)33-45)56-32-28-41-18-10-11-23-48(41)59(52)56/h2-38,60H,1H3. The number of hydrogen-bond acceptors (Lipinski definition) is 1. The molecule has 12 aromatic rings. The molecule has 2 aromatic heterocycles. The lowest BCUT2D eigenvalue weighted by Gasteiger charge is -2.24. The van der Waals surface area contributed by atoms with Gasteiger partial charge in [-0.05, 0) is 115 Å². The molecule has 0 bridgehead atoms. The third-order valence-corrected chi connectivity index (χ3v) is 14.7. The first-order chi connectivity index (χ1) is 31.6.